The third-order valence-corrected chi connectivity index (χ3v) is 7.14. The van der Waals surface area contributed by atoms with Gasteiger partial charge in [-0.05, 0) is 32.3 Å². The molecule has 0 amide bonds. The fraction of sp³-hybridized carbons (Fsp3) is 0.519. The van der Waals surface area contributed by atoms with Crippen LogP contribution < -0.4 is 17.0 Å². The predicted molar refractivity (Wildman–Crippen MR) is 125 cm³/mol. The molecule has 176 valence electrons. The Kier molecular flexibility index (Phi) is 10.4. The molecule has 0 bridgehead atoms. The summed E-state index contributed by atoms with van der Waals surface area (Å²) in [6.07, 6.45) is 4.33. The summed E-state index contributed by atoms with van der Waals surface area (Å²) in [5, 5.41) is 11.4. The summed E-state index contributed by atoms with van der Waals surface area (Å²) in [6.45, 7) is 8.43. The first kappa shape index (κ1) is 26.6. The van der Waals surface area contributed by atoms with Gasteiger partial charge in [-0.2, -0.15) is 0 Å². The summed E-state index contributed by atoms with van der Waals surface area (Å²) in [5.74, 6) is -0.908. The first-order valence-corrected chi connectivity index (χ1v) is 11.8. The van der Waals surface area contributed by atoms with E-state index in [9.17, 15) is 9.90 Å². The number of carbonyl (C=O) groups excluding carboxylic acids is 1. The number of benzene rings is 2. The highest BCUT2D eigenvalue weighted by atomic mass is 79.9. The zero-order valence-corrected chi connectivity index (χ0v) is 21.1. The van der Waals surface area contributed by atoms with E-state index in [-0.39, 0.29) is 23.0 Å². The van der Waals surface area contributed by atoms with E-state index in [0.717, 1.165) is 55.5 Å². The number of esters is 1. The van der Waals surface area contributed by atoms with Gasteiger partial charge >= 0.3 is 5.97 Å². The number of carbonyl (C=O) groups is 1. The van der Waals surface area contributed by atoms with Crippen molar-refractivity contribution in [2.24, 2.45) is 0 Å². The fourth-order valence-electron chi connectivity index (χ4n) is 5.00. The lowest BCUT2D eigenvalue weighted by molar-refractivity contribution is -0.937. The normalized spacial score (nSPS) is 16.6. The molecule has 1 atom stereocenters. The summed E-state index contributed by atoms with van der Waals surface area (Å²) < 4.78 is 6.73. The van der Waals surface area contributed by atoms with E-state index < -0.39 is 11.5 Å². The van der Waals surface area contributed by atoms with Crippen LogP contribution in [-0.4, -0.2) is 47.4 Å². The Labute approximate surface area is 204 Å². The third-order valence-electron chi connectivity index (χ3n) is 7.14. The van der Waals surface area contributed by atoms with E-state index in [2.05, 4.69) is 38.1 Å². The molecule has 2 aromatic rings. The highest BCUT2D eigenvalue weighted by molar-refractivity contribution is 5.80. The maximum atomic E-state index is 13.3. The van der Waals surface area contributed by atoms with Gasteiger partial charge in [0.1, 0.15) is 25.6 Å². The van der Waals surface area contributed by atoms with Gasteiger partial charge in [-0.1, -0.05) is 79.9 Å². The van der Waals surface area contributed by atoms with E-state index in [4.69, 9.17) is 4.74 Å². The minimum atomic E-state index is -1.01. The van der Waals surface area contributed by atoms with Crippen LogP contribution in [0.2, 0.25) is 0 Å². The molecule has 4 nitrogen and oxygen atoms in total. The number of hydrogen-bond donors (Lipinski definition) is 1. The second-order valence-corrected chi connectivity index (χ2v) is 9.02. The SMILES string of the molecule is CC[N+](CC)(CCOC(=O)C(c1ccccc1)C1(O)CCCCC1)Cc1ccccc1.[Br-]. The zero-order chi connectivity index (χ0) is 22.2. The molecule has 1 N–H and O–H groups in total. The lowest BCUT2D eigenvalue weighted by Gasteiger charge is -2.39. The van der Waals surface area contributed by atoms with Gasteiger partial charge in [-0.25, -0.2) is 0 Å². The van der Waals surface area contributed by atoms with Crippen LogP contribution in [0.1, 0.15) is 63.0 Å². The molecule has 1 aliphatic carbocycles. The summed E-state index contributed by atoms with van der Waals surface area (Å²) in [5.41, 5.74) is 1.14. The smallest absolute Gasteiger partial charge is 0.316 e. The summed E-state index contributed by atoms with van der Waals surface area (Å²) in [4.78, 5) is 13.3. The van der Waals surface area contributed by atoms with Crippen LogP contribution >= 0.6 is 0 Å². The van der Waals surface area contributed by atoms with Gasteiger partial charge in [-0.3, -0.25) is 4.79 Å². The van der Waals surface area contributed by atoms with Gasteiger partial charge in [0.25, 0.3) is 0 Å². The Morgan fingerprint density at radius 2 is 1.53 bits per heavy atom. The zero-order valence-electron chi connectivity index (χ0n) is 19.5. The van der Waals surface area contributed by atoms with E-state index >= 15 is 0 Å². The first-order chi connectivity index (χ1) is 15.0. The van der Waals surface area contributed by atoms with Crippen molar-refractivity contribution in [1.29, 1.82) is 0 Å². The highest BCUT2D eigenvalue weighted by Crippen LogP contribution is 2.40. The van der Waals surface area contributed by atoms with Gasteiger partial charge < -0.3 is 31.3 Å². The minimum Gasteiger partial charge on any atom is -1.00 e. The number of hydrogen-bond acceptors (Lipinski definition) is 3. The molecule has 0 aromatic heterocycles. The highest BCUT2D eigenvalue weighted by Gasteiger charge is 2.44. The molecule has 0 spiro atoms. The predicted octanol–water partition coefficient (Wildman–Crippen LogP) is 2.07. The second kappa shape index (κ2) is 12.5. The van der Waals surface area contributed by atoms with Gasteiger partial charge in [0.05, 0.1) is 18.7 Å². The van der Waals surface area contributed by atoms with Crippen LogP contribution in [0.4, 0.5) is 0 Å². The Bertz CT molecular complexity index is 802. The van der Waals surface area contributed by atoms with Crippen LogP contribution in [-0.2, 0) is 16.1 Å². The standard InChI is InChI=1S/C27H38NO3.BrH/c1-3-28(4-2,22-23-14-8-5-9-15-23)20-21-31-26(29)25(24-16-10-6-11-17-24)27(30)18-12-7-13-19-27;/h5-6,8-11,14-17,25,30H,3-4,7,12-13,18-22H2,1-2H3;1H/q+1;/p-1. The Morgan fingerprint density at radius 1 is 0.969 bits per heavy atom. The molecule has 0 radical (unpaired) electrons. The van der Waals surface area contributed by atoms with Crippen LogP contribution in [0.5, 0.6) is 0 Å². The van der Waals surface area contributed by atoms with Crippen LogP contribution in [0.15, 0.2) is 60.7 Å². The lowest BCUT2D eigenvalue weighted by Crippen LogP contribution is -3.00. The second-order valence-electron chi connectivity index (χ2n) is 9.02. The van der Waals surface area contributed by atoms with Crippen LogP contribution in [0, 0.1) is 0 Å². The lowest BCUT2D eigenvalue weighted by atomic mass is 9.73. The molecule has 3 rings (SSSR count). The number of quaternary nitrogens is 1. The molecule has 2 aromatic carbocycles. The quantitative estimate of drug-likeness (QED) is 0.398. The average Bonchev–Trinajstić information content (AvgIpc) is 2.80. The van der Waals surface area contributed by atoms with E-state index in [0.29, 0.717) is 19.4 Å². The van der Waals surface area contributed by atoms with E-state index in [1.165, 1.54) is 5.56 Å². The van der Waals surface area contributed by atoms with E-state index in [1.54, 1.807) is 0 Å². The number of rotatable bonds is 10. The molecule has 5 heteroatoms. The fourth-order valence-corrected chi connectivity index (χ4v) is 5.00. The molecule has 1 unspecified atom stereocenters. The van der Waals surface area contributed by atoms with Gasteiger partial charge in [-0.15, -0.1) is 0 Å². The average molecular weight is 505 g/mol. The van der Waals surface area contributed by atoms with Crippen molar-refractivity contribution < 1.29 is 36.1 Å². The summed E-state index contributed by atoms with van der Waals surface area (Å²) in [7, 11) is 0. The number of ether oxygens (including phenoxy) is 1. The topological polar surface area (TPSA) is 46.5 Å². The summed E-state index contributed by atoms with van der Waals surface area (Å²) >= 11 is 0. The van der Waals surface area contributed by atoms with Crippen molar-refractivity contribution in [3.63, 3.8) is 0 Å². The maximum Gasteiger partial charge on any atom is 0.316 e. The molecule has 1 saturated carbocycles. The van der Waals surface area contributed by atoms with Crippen molar-refractivity contribution in [3.05, 3.63) is 71.8 Å². The summed E-state index contributed by atoms with van der Waals surface area (Å²) in [6, 6.07) is 20.2. The van der Waals surface area contributed by atoms with Crippen molar-refractivity contribution in [2.45, 2.75) is 64.0 Å². The molecule has 0 aliphatic heterocycles. The molecular weight excluding hydrogens is 466 g/mol. The molecule has 0 heterocycles. The Hall–Kier alpha value is -1.69. The number of aliphatic hydroxyl groups is 1. The van der Waals surface area contributed by atoms with Crippen molar-refractivity contribution >= 4 is 5.97 Å². The van der Waals surface area contributed by atoms with Gasteiger partial charge in [0.15, 0.2) is 0 Å². The van der Waals surface area contributed by atoms with E-state index in [1.807, 2.05) is 36.4 Å². The molecule has 32 heavy (non-hydrogen) atoms. The molecular formula is C27H38BrNO3. The van der Waals surface area contributed by atoms with Crippen molar-refractivity contribution in [2.75, 3.05) is 26.2 Å². The number of halogens is 1. The Balaban J connectivity index is 0.00000363. The molecule has 0 saturated heterocycles. The largest absolute Gasteiger partial charge is 1.00 e. The number of likely N-dealkylation sites (N-methyl/N-ethyl adjacent to an activating group) is 1. The first-order valence-electron chi connectivity index (χ1n) is 11.8. The van der Waals surface area contributed by atoms with Gasteiger partial charge in [0.2, 0.25) is 0 Å². The number of nitrogens with zero attached hydrogens (tertiary/aromatic N) is 1. The van der Waals surface area contributed by atoms with Crippen molar-refractivity contribution in [3.8, 4) is 0 Å². The monoisotopic (exact) mass is 503 g/mol. The maximum absolute atomic E-state index is 13.3. The van der Waals surface area contributed by atoms with Crippen LogP contribution in [0.25, 0.3) is 0 Å². The molecule has 1 fully saturated rings. The van der Waals surface area contributed by atoms with Gasteiger partial charge in [0, 0.05) is 5.56 Å². The third kappa shape index (κ3) is 6.66. The molecule has 1 aliphatic rings. The van der Waals surface area contributed by atoms with Crippen molar-refractivity contribution in [1.82, 2.24) is 0 Å². The minimum absolute atomic E-state index is 0. The van der Waals surface area contributed by atoms with Crippen LogP contribution in [0.3, 0.4) is 0 Å². The Morgan fingerprint density at radius 3 is 2.09 bits per heavy atom.